The Morgan fingerprint density at radius 2 is 1.60 bits per heavy atom. The summed E-state index contributed by atoms with van der Waals surface area (Å²) in [6.45, 7) is 6.10. The predicted octanol–water partition coefficient (Wildman–Crippen LogP) is 2.62. The van der Waals surface area contributed by atoms with Crippen molar-refractivity contribution in [3.8, 4) is 0 Å². The highest BCUT2D eigenvalue weighted by Crippen LogP contribution is 2.23. The van der Waals surface area contributed by atoms with Crippen LogP contribution in [0, 0.1) is 5.92 Å². The molecule has 25 heavy (non-hydrogen) atoms. The third-order valence-corrected chi connectivity index (χ3v) is 7.21. The average molecular weight is 389 g/mol. The van der Waals surface area contributed by atoms with Crippen LogP contribution in [-0.2, 0) is 20.0 Å². The van der Waals surface area contributed by atoms with Gasteiger partial charge in [-0.05, 0) is 50.3 Å². The lowest BCUT2D eigenvalue weighted by Gasteiger charge is -2.15. The highest BCUT2D eigenvalue weighted by atomic mass is 32.2. The van der Waals surface area contributed by atoms with E-state index in [-0.39, 0.29) is 21.9 Å². The zero-order valence-electron chi connectivity index (χ0n) is 15.0. The molecule has 0 heterocycles. The van der Waals surface area contributed by atoms with Gasteiger partial charge >= 0.3 is 0 Å². The molecule has 8 heteroatoms. The first-order valence-corrected chi connectivity index (χ1v) is 11.7. The Labute approximate surface area is 151 Å². The number of benzene rings is 1. The average Bonchev–Trinajstić information content (AvgIpc) is 3.29. The van der Waals surface area contributed by atoms with Gasteiger partial charge in [0.25, 0.3) is 0 Å². The van der Waals surface area contributed by atoms with E-state index in [1.807, 2.05) is 6.92 Å². The first-order valence-electron chi connectivity index (χ1n) is 8.75. The normalized spacial score (nSPS) is 17.0. The second-order valence-electron chi connectivity index (χ2n) is 7.22. The molecular weight excluding hydrogens is 360 g/mol. The van der Waals surface area contributed by atoms with Crippen LogP contribution in [-0.4, -0.2) is 28.9 Å². The lowest BCUT2D eigenvalue weighted by molar-refractivity contribution is 0.488. The zero-order valence-corrected chi connectivity index (χ0v) is 16.7. The zero-order chi connectivity index (χ0) is 18.7. The van der Waals surface area contributed by atoms with Crippen LogP contribution in [0.1, 0.15) is 52.9 Å². The predicted molar refractivity (Wildman–Crippen MR) is 98.3 cm³/mol. The number of rotatable bonds is 10. The number of nitrogens with one attached hydrogen (secondary N) is 2. The van der Waals surface area contributed by atoms with Crippen LogP contribution in [0.5, 0.6) is 0 Å². The van der Waals surface area contributed by atoms with E-state index in [2.05, 4.69) is 23.3 Å². The standard InChI is InChI=1S/C17H28N2O4S2/c1-13(2)6-4-7-14(3)18-24(20,21)16-8-5-9-17(12-16)25(22,23)19-15-10-11-15/h5,8-9,12-15,18-19H,4,6-7,10-11H2,1-3H3. The van der Waals surface area contributed by atoms with Crippen molar-refractivity contribution in [1.29, 1.82) is 0 Å². The molecule has 0 aliphatic heterocycles. The summed E-state index contributed by atoms with van der Waals surface area (Å²) < 4.78 is 54.8. The highest BCUT2D eigenvalue weighted by molar-refractivity contribution is 7.90. The summed E-state index contributed by atoms with van der Waals surface area (Å²) in [5, 5.41) is 0. The van der Waals surface area contributed by atoms with Gasteiger partial charge in [0, 0.05) is 12.1 Å². The van der Waals surface area contributed by atoms with E-state index in [0.29, 0.717) is 5.92 Å². The summed E-state index contributed by atoms with van der Waals surface area (Å²) in [6, 6.07) is 5.28. The van der Waals surface area contributed by atoms with Crippen molar-refractivity contribution in [1.82, 2.24) is 9.44 Å². The summed E-state index contributed by atoms with van der Waals surface area (Å²) in [5.41, 5.74) is 0. The van der Waals surface area contributed by atoms with Gasteiger partial charge in [0.2, 0.25) is 20.0 Å². The molecule has 1 atom stereocenters. The Bertz CT molecular complexity index is 785. The first-order chi connectivity index (χ1) is 11.6. The number of hydrogen-bond donors (Lipinski definition) is 2. The quantitative estimate of drug-likeness (QED) is 0.644. The Morgan fingerprint density at radius 1 is 1.00 bits per heavy atom. The highest BCUT2D eigenvalue weighted by Gasteiger charge is 2.28. The van der Waals surface area contributed by atoms with Crippen molar-refractivity contribution in [2.45, 2.75) is 74.7 Å². The van der Waals surface area contributed by atoms with Gasteiger partial charge in [-0.2, -0.15) is 0 Å². The monoisotopic (exact) mass is 388 g/mol. The third-order valence-electron chi connectivity index (χ3n) is 4.10. The molecular formula is C17H28N2O4S2. The smallest absolute Gasteiger partial charge is 0.208 e. The molecule has 142 valence electrons. The van der Waals surface area contributed by atoms with Gasteiger partial charge in [-0.15, -0.1) is 0 Å². The Kier molecular flexibility index (Phi) is 6.64. The molecule has 1 aromatic rings. The van der Waals surface area contributed by atoms with Gasteiger partial charge in [0.1, 0.15) is 0 Å². The van der Waals surface area contributed by atoms with Crippen LogP contribution >= 0.6 is 0 Å². The van der Waals surface area contributed by atoms with Crippen molar-refractivity contribution < 1.29 is 16.8 Å². The molecule has 1 saturated carbocycles. The molecule has 2 N–H and O–H groups in total. The fourth-order valence-corrected chi connectivity index (χ4v) is 5.27. The molecule has 0 amide bonds. The SMILES string of the molecule is CC(C)CCCC(C)NS(=O)(=O)c1cccc(S(=O)(=O)NC2CC2)c1. The summed E-state index contributed by atoms with van der Waals surface area (Å²) in [5.74, 6) is 0.588. The molecule has 1 aliphatic carbocycles. The topological polar surface area (TPSA) is 92.3 Å². The van der Waals surface area contributed by atoms with Crippen molar-refractivity contribution in [2.24, 2.45) is 5.92 Å². The van der Waals surface area contributed by atoms with Crippen LogP contribution in [0.4, 0.5) is 0 Å². The van der Waals surface area contributed by atoms with Crippen LogP contribution in [0.25, 0.3) is 0 Å². The Hall–Kier alpha value is -0.960. The van der Waals surface area contributed by atoms with Crippen LogP contribution in [0.2, 0.25) is 0 Å². The molecule has 1 aliphatic rings. The summed E-state index contributed by atoms with van der Waals surface area (Å²) in [6.07, 6.45) is 4.39. The molecule has 0 bridgehead atoms. The van der Waals surface area contributed by atoms with Gasteiger partial charge < -0.3 is 0 Å². The van der Waals surface area contributed by atoms with Gasteiger partial charge in [-0.3, -0.25) is 0 Å². The van der Waals surface area contributed by atoms with Gasteiger partial charge in [-0.25, -0.2) is 26.3 Å². The second kappa shape index (κ2) is 8.16. The van der Waals surface area contributed by atoms with E-state index in [0.717, 1.165) is 32.1 Å². The second-order valence-corrected chi connectivity index (χ2v) is 10.6. The van der Waals surface area contributed by atoms with Crippen molar-refractivity contribution >= 4 is 20.0 Å². The molecule has 1 aromatic carbocycles. The van der Waals surface area contributed by atoms with E-state index in [4.69, 9.17) is 0 Å². The molecule has 2 rings (SSSR count). The van der Waals surface area contributed by atoms with Crippen LogP contribution in [0.15, 0.2) is 34.1 Å². The van der Waals surface area contributed by atoms with Crippen molar-refractivity contribution in [2.75, 3.05) is 0 Å². The Morgan fingerprint density at radius 3 is 2.16 bits per heavy atom. The number of hydrogen-bond acceptors (Lipinski definition) is 4. The lowest BCUT2D eigenvalue weighted by Crippen LogP contribution is -2.33. The van der Waals surface area contributed by atoms with Crippen LogP contribution < -0.4 is 9.44 Å². The first kappa shape index (κ1) is 20.4. The van der Waals surface area contributed by atoms with Gasteiger partial charge in [-0.1, -0.05) is 32.8 Å². The maximum atomic E-state index is 12.5. The third kappa shape index (κ3) is 6.36. The molecule has 0 radical (unpaired) electrons. The molecule has 0 aromatic heterocycles. The minimum atomic E-state index is -3.75. The molecule has 0 saturated heterocycles. The van der Waals surface area contributed by atoms with E-state index in [1.54, 1.807) is 0 Å². The molecule has 0 spiro atoms. The molecule has 1 unspecified atom stereocenters. The van der Waals surface area contributed by atoms with Gasteiger partial charge in [0.15, 0.2) is 0 Å². The van der Waals surface area contributed by atoms with E-state index in [1.165, 1.54) is 24.3 Å². The minimum absolute atomic E-state index is 0.0188. The Balaban J connectivity index is 2.07. The summed E-state index contributed by atoms with van der Waals surface area (Å²) in [4.78, 5) is -0.0448. The fourth-order valence-electron chi connectivity index (χ4n) is 2.52. The minimum Gasteiger partial charge on any atom is -0.208 e. The van der Waals surface area contributed by atoms with Crippen LogP contribution in [0.3, 0.4) is 0 Å². The molecule has 1 fully saturated rings. The lowest BCUT2D eigenvalue weighted by atomic mass is 10.0. The largest absolute Gasteiger partial charge is 0.240 e. The molecule has 6 nitrogen and oxygen atoms in total. The number of sulfonamides is 2. The maximum absolute atomic E-state index is 12.5. The van der Waals surface area contributed by atoms with E-state index in [9.17, 15) is 16.8 Å². The van der Waals surface area contributed by atoms with Crippen molar-refractivity contribution in [3.63, 3.8) is 0 Å². The van der Waals surface area contributed by atoms with Crippen molar-refractivity contribution in [3.05, 3.63) is 24.3 Å². The van der Waals surface area contributed by atoms with E-state index >= 15 is 0 Å². The summed E-state index contributed by atoms with van der Waals surface area (Å²) in [7, 11) is -7.42. The fraction of sp³-hybridized carbons (Fsp3) is 0.647. The summed E-state index contributed by atoms with van der Waals surface area (Å²) >= 11 is 0. The van der Waals surface area contributed by atoms with E-state index < -0.39 is 20.0 Å². The van der Waals surface area contributed by atoms with Gasteiger partial charge in [0.05, 0.1) is 9.79 Å². The maximum Gasteiger partial charge on any atom is 0.240 e.